The van der Waals surface area contributed by atoms with E-state index in [1.54, 1.807) is 4.31 Å². The molecule has 2 aromatic heterocycles. The Bertz CT molecular complexity index is 1580. The van der Waals surface area contributed by atoms with Gasteiger partial charge >= 0.3 is 0 Å². The highest BCUT2D eigenvalue weighted by Crippen LogP contribution is 2.30. The molecule has 13 heteroatoms. The van der Waals surface area contributed by atoms with Crippen molar-refractivity contribution in [3.8, 4) is 0 Å². The largest absolute Gasteiger partial charge is 0.379 e. The van der Waals surface area contributed by atoms with Crippen molar-refractivity contribution in [3.63, 3.8) is 0 Å². The molecule has 6 rings (SSSR count). The van der Waals surface area contributed by atoms with Gasteiger partial charge in [0.25, 0.3) is 5.91 Å². The number of nitrogens with zero attached hydrogens (tertiary/aromatic N) is 4. The van der Waals surface area contributed by atoms with Crippen LogP contribution in [0.2, 0.25) is 0 Å². The van der Waals surface area contributed by atoms with Crippen molar-refractivity contribution in [1.82, 2.24) is 24.4 Å². The minimum absolute atomic E-state index is 0.0447. The van der Waals surface area contributed by atoms with Crippen molar-refractivity contribution in [2.75, 3.05) is 55.3 Å². The SMILES string of the molecule is CN1CCN(c2ccc(C(=O)Nc3n[nH]c4c3CN(S(=O)c3cc(F)cc(F)c3)CC4)c(NCc3ccc[nH]3)c2)CC1. The number of nitrogens with one attached hydrogen (secondary N) is 4. The van der Waals surface area contributed by atoms with Gasteiger partial charge in [0.15, 0.2) is 5.82 Å². The fraction of sp³-hybridized carbons (Fsp3) is 0.310. The van der Waals surface area contributed by atoms with Crippen LogP contribution in [0.3, 0.4) is 0 Å². The van der Waals surface area contributed by atoms with Crippen LogP contribution in [-0.4, -0.2) is 74.3 Å². The second kappa shape index (κ2) is 12.0. The number of anilines is 3. The van der Waals surface area contributed by atoms with Crippen LogP contribution < -0.4 is 15.5 Å². The van der Waals surface area contributed by atoms with E-state index in [9.17, 15) is 17.8 Å². The van der Waals surface area contributed by atoms with Crippen LogP contribution in [0.1, 0.15) is 27.3 Å². The summed E-state index contributed by atoms with van der Waals surface area (Å²) in [6.45, 7) is 4.83. The number of rotatable bonds is 8. The van der Waals surface area contributed by atoms with Crippen molar-refractivity contribution in [2.24, 2.45) is 0 Å². The number of likely N-dealkylation sites (N-methyl/N-ethyl adjacent to an activating group) is 1. The summed E-state index contributed by atoms with van der Waals surface area (Å²) in [7, 11) is 0.322. The number of carbonyl (C=O) groups excluding carboxylic acids is 1. The van der Waals surface area contributed by atoms with E-state index in [1.807, 2.05) is 36.5 Å². The van der Waals surface area contributed by atoms with Gasteiger partial charge in [-0.15, -0.1) is 0 Å². The molecule has 10 nitrogen and oxygen atoms in total. The van der Waals surface area contributed by atoms with Crippen LogP contribution >= 0.6 is 0 Å². The first kappa shape index (κ1) is 28.1. The van der Waals surface area contributed by atoms with Crippen LogP contribution in [0.5, 0.6) is 0 Å². The van der Waals surface area contributed by atoms with Crippen LogP contribution in [0.15, 0.2) is 59.6 Å². The molecule has 0 bridgehead atoms. The van der Waals surface area contributed by atoms with Gasteiger partial charge in [0, 0.05) is 86.3 Å². The highest BCUT2D eigenvalue weighted by molar-refractivity contribution is 7.82. The van der Waals surface area contributed by atoms with Gasteiger partial charge in [-0.3, -0.25) is 9.89 Å². The zero-order valence-electron chi connectivity index (χ0n) is 23.1. The summed E-state index contributed by atoms with van der Waals surface area (Å²) in [6, 6.07) is 12.6. The molecule has 0 spiro atoms. The molecule has 1 amide bonds. The van der Waals surface area contributed by atoms with Gasteiger partial charge in [0.05, 0.1) is 17.0 Å². The maximum absolute atomic E-state index is 13.8. The Morgan fingerprint density at radius 2 is 1.83 bits per heavy atom. The zero-order chi connectivity index (χ0) is 29.2. The second-order valence-electron chi connectivity index (χ2n) is 10.5. The lowest BCUT2D eigenvalue weighted by molar-refractivity contribution is 0.102. The summed E-state index contributed by atoms with van der Waals surface area (Å²) in [5, 5.41) is 13.6. The number of H-pyrrole nitrogens is 2. The van der Waals surface area contributed by atoms with Gasteiger partial charge in [-0.05, 0) is 49.5 Å². The zero-order valence-corrected chi connectivity index (χ0v) is 23.9. The van der Waals surface area contributed by atoms with Crippen molar-refractivity contribution >= 4 is 34.1 Å². The van der Waals surface area contributed by atoms with E-state index in [0.29, 0.717) is 42.1 Å². The van der Waals surface area contributed by atoms with Crippen molar-refractivity contribution in [2.45, 2.75) is 24.4 Å². The number of aromatic nitrogens is 3. The highest BCUT2D eigenvalue weighted by Gasteiger charge is 2.28. The number of benzene rings is 2. The molecule has 4 N–H and O–H groups in total. The van der Waals surface area contributed by atoms with Crippen molar-refractivity contribution < 1.29 is 17.8 Å². The third-order valence-corrected chi connectivity index (χ3v) is 9.07. The third-order valence-electron chi connectivity index (χ3n) is 7.65. The highest BCUT2D eigenvalue weighted by atomic mass is 32.2. The number of piperazine rings is 1. The quantitative estimate of drug-likeness (QED) is 0.248. The van der Waals surface area contributed by atoms with E-state index in [2.05, 4.69) is 42.7 Å². The lowest BCUT2D eigenvalue weighted by Gasteiger charge is -2.34. The van der Waals surface area contributed by atoms with E-state index in [1.165, 1.54) is 0 Å². The van der Waals surface area contributed by atoms with Crippen molar-refractivity contribution in [3.05, 3.63) is 88.9 Å². The number of hydrogen-bond donors (Lipinski definition) is 4. The average Bonchev–Trinajstić information content (AvgIpc) is 3.65. The van der Waals surface area contributed by atoms with E-state index >= 15 is 0 Å². The molecule has 42 heavy (non-hydrogen) atoms. The molecule has 220 valence electrons. The van der Waals surface area contributed by atoms with E-state index in [4.69, 9.17) is 0 Å². The second-order valence-corrected chi connectivity index (χ2v) is 12.0. The molecule has 4 aromatic rings. The first-order valence-corrected chi connectivity index (χ1v) is 14.9. The van der Waals surface area contributed by atoms with Gasteiger partial charge < -0.3 is 25.4 Å². The molecule has 1 saturated heterocycles. The van der Waals surface area contributed by atoms with Crippen LogP contribution in [0, 0.1) is 11.6 Å². The maximum Gasteiger partial charge on any atom is 0.258 e. The fourth-order valence-electron chi connectivity index (χ4n) is 5.27. The smallest absolute Gasteiger partial charge is 0.258 e. The molecule has 1 unspecified atom stereocenters. The molecule has 2 aliphatic heterocycles. The molecule has 4 heterocycles. The Morgan fingerprint density at radius 1 is 1.05 bits per heavy atom. The van der Waals surface area contributed by atoms with Gasteiger partial charge in [-0.2, -0.15) is 5.10 Å². The molecule has 0 radical (unpaired) electrons. The number of carbonyl (C=O) groups is 1. The summed E-state index contributed by atoms with van der Waals surface area (Å²) >= 11 is 0. The topological polar surface area (TPSA) is 112 Å². The van der Waals surface area contributed by atoms with Crippen LogP contribution in [-0.2, 0) is 30.5 Å². The van der Waals surface area contributed by atoms with Gasteiger partial charge in [-0.1, -0.05) is 0 Å². The monoisotopic (exact) mass is 594 g/mol. The molecular formula is C29H32F2N8O2S. The van der Waals surface area contributed by atoms with Gasteiger partial charge in [-0.25, -0.2) is 17.3 Å². The Morgan fingerprint density at radius 3 is 2.57 bits per heavy atom. The lowest BCUT2D eigenvalue weighted by Crippen LogP contribution is -2.44. The third kappa shape index (κ3) is 6.08. The molecule has 2 aliphatic rings. The predicted molar refractivity (Wildman–Crippen MR) is 158 cm³/mol. The van der Waals surface area contributed by atoms with Crippen LogP contribution in [0.4, 0.5) is 26.0 Å². The molecule has 1 fully saturated rings. The minimum atomic E-state index is -1.79. The number of halogens is 2. The van der Waals surface area contributed by atoms with E-state index in [0.717, 1.165) is 61.5 Å². The Hall–Kier alpha value is -4.07. The molecule has 0 saturated carbocycles. The first-order chi connectivity index (χ1) is 20.3. The number of aromatic amines is 2. The van der Waals surface area contributed by atoms with E-state index in [-0.39, 0.29) is 17.3 Å². The standard InChI is InChI=1S/C29H32F2N8O2S/c1-37-9-11-38(12-10-37)22-4-5-24(27(16-22)33-17-21-3-2-7-32-21)29(40)34-28-25-18-39(8-6-26(25)35-36-28)42(41)23-14-19(30)13-20(31)15-23/h2-5,7,13-16,32-33H,6,8-12,17-18H2,1H3,(H2,34,35,36,40). The molecular weight excluding hydrogens is 562 g/mol. The van der Waals surface area contributed by atoms with Gasteiger partial charge in [0.2, 0.25) is 0 Å². The van der Waals surface area contributed by atoms with Gasteiger partial charge in [0.1, 0.15) is 22.6 Å². The Balaban J connectivity index is 1.22. The summed E-state index contributed by atoms with van der Waals surface area (Å²) in [4.78, 5) is 21.5. The van der Waals surface area contributed by atoms with Crippen LogP contribution in [0.25, 0.3) is 0 Å². The summed E-state index contributed by atoms with van der Waals surface area (Å²) in [5.74, 6) is -1.58. The van der Waals surface area contributed by atoms with E-state index < -0.39 is 22.6 Å². The molecule has 0 aliphatic carbocycles. The average molecular weight is 595 g/mol. The molecule has 1 atom stereocenters. The molecule has 2 aromatic carbocycles. The van der Waals surface area contributed by atoms with Crippen molar-refractivity contribution in [1.29, 1.82) is 0 Å². The maximum atomic E-state index is 13.8. The normalized spacial score (nSPS) is 16.7. The number of fused-ring (bicyclic) bond motifs is 1. The summed E-state index contributed by atoms with van der Waals surface area (Å²) in [5.41, 5.74) is 4.69. The first-order valence-electron chi connectivity index (χ1n) is 13.8. The summed E-state index contributed by atoms with van der Waals surface area (Å²) < 4.78 is 42.3. The number of hydrogen-bond acceptors (Lipinski definition) is 6. The fourth-order valence-corrected chi connectivity index (χ4v) is 6.50. The Labute approximate surface area is 244 Å². The Kier molecular flexibility index (Phi) is 8.05. The summed E-state index contributed by atoms with van der Waals surface area (Å²) in [6.07, 6.45) is 2.34. The lowest BCUT2D eigenvalue weighted by atomic mass is 10.1. The predicted octanol–water partition coefficient (Wildman–Crippen LogP) is 3.71. The minimum Gasteiger partial charge on any atom is -0.379 e. The number of amides is 1.